The number of aryl methyl sites for hydroxylation is 1. The minimum Gasteiger partial charge on any atom is -0.328 e. The van der Waals surface area contributed by atoms with Crippen molar-refractivity contribution in [1.82, 2.24) is 9.97 Å². The predicted octanol–water partition coefficient (Wildman–Crippen LogP) is 1.64. The quantitative estimate of drug-likeness (QED) is 0.885. The second kappa shape index (κ2) is 5.14. The van der Waals surface area contributed by atoms with Crippen LogP contribution in [0.3, 0.4) is 0 Å². The smallest absolute Gasteiger partial charge is 0.264 e. The SMILES string of the molecule is Cc1cc(Br)cnc1NS(=O)(=O)c1ccc(=O)[nH]c1. The molecule has 2 N–H and O–H groups in total. The molecule has 0 aliphatic carbocycles. The summed E-state index contributed by atoms with van der Waals surface area (Å²) in [6, 6.07) is 4.13. The number of nitrogens with one attached hydrogen (secondary N) is 2. The molecule has 19 heavy (non-hydrogen) atoms. The lowest BCUT2D eigenvalue weighted by atomic mass is 10.3. The Balaban J connectivity index is 2.36. The summed E-state index contributed by atoms with van der Waals surface area (Å²) in [5.41, 5.74) is 0.319. The van der Waals surface area contributed by atoms with Gasteiger partial charge >= 0.3 is 0 Å². The normalized spacial score (nSPS) is 11.3. The van der Waals surface area contributed by atoms with Gasteiger partial charge in [-0.2, -0.15) is 0 Å². The second-order valence-corrected chi connectivity index (χ2v) is 6.41. The molecule has 8 heteroatoms. The zero-order chi connectivity index (χ0) is 14.0. The van der Waals surface area contributed by atoms with Gasteiger partial charge in [-0.05, 0) is 40.5 Å². The molecule has 0 bridgehead atoms. The minimum absolute atomic E-state index is 0.0313. The molecular weight excluding hydrogens is 334 g/mol. The molecular formula is C11H10BrN3O3S. The third kappa shape index (κ3) is 3.21. The monoisotopic (exact) mass is 343 g/mol. The Morgan fingerprint density at radius 3 is 2.68 bits per heavy atom. The van der Waals surface area contributed by atoms with Crippen molar-refractivity contribution in [3.05, 3.63) is 51.0 Å². The molecule has 0 aliphatic heterocycles. The van der Waals surface area contributed by atoms with Gasteiger partial charge in [0.05, 0.1) is 0 Å². The topological polar surface area (TPSA) is 91.9 Å². The van der Waals surface area contributed by atoms with E-state index in [1.165, 1.54) is 12.3 Å². The number of anilines is 1. The van der Waals surface area contributed by atoms with Crippen LogP contribution in [-0.4, -0.2) is 18.4 Å². The Morgan fingerprint density at radius 2 is 2.11 bits per heavy atom. The summed E-state index contributed by atoms with van der Waals surface area (Å²) >= 11 is 3.25. The van der Waals surface area contributed by atoms with E-state index in [4.69, 9.17) is 0 Å². The van der Waals surface area contributed by atoms with Crippen molar-refractivity contribution in [2.75, 3.05) is 4.72 Å². The number of pyridine rings is 2. The van der Waals surface area contributed by atoms with Crippen LogP contribution in [0.2, 0.25) is 0 Å². The van der Waals surface area contributed by atoms with Gasteiger partial charge in [0.15, 0.2) is 0 Å². The Morgan fingerprint density at radius 1 is 1.37 bits per heavy atom. The van der Waals surface area contributed by atoms with E-state index in [-0.39, 0.29) is 16.3 Å². The predicted molar refractivity (Wildman–Crippen MR) is 74.5 cm³/mol. The maximum atomic E-state index is 12.1. The average molecular weight is 344 g/mol. The first-order valence-electron chi connectivity index (χ1n) is 5.22. The number of aromatic nitrogens is 2. The molecule has 0 aliphatic rings. The van der Waals surface area contributed by atoms with Crippen LogP contribution in [-0.2, 0) is 10.0 Å². The lowest BCUT2D eigenvalue weighted by Gasteiger charge is -2.09. The molecule has 0 fully saturated rings. The first kappa shape index (κ1) is 13.8. The van der Waals surface area contributed by atoms with Crippen molar-refractivity contribution in [1.29, 1.82) is 0 Å². The van der Waals surface area contributed by atoms with E-state index in [2.05, 4.69) is 30.6 Å². The van der Waals surface area contributed by atoms with Gasteiger partial charge < -0.3 is 4.98 Å². The molecule has 100 valence electrons. The summed E-state index contributed by atoms with van der Waals surface area (Å²) in [7, 11) is -3.76. The molecule has 2 aromatic rings. The number of H-pyrrole nitrogens is 1. The van der Waals surface area contributed by atoms with Crippen LogP contribution in [0.15, 0.2) is 44.8 Å². The van der Waals surface area contributed by atoms with Crippen LogP contribution in [0.1, 0.15) is 5.56 Å². The van der Waals surface area contributed by atoms with E-state index in [1.807, 2.05) is 0 Å². The average Bonchev–Trinajstić information content (AvgIpc) is 2.33. The highest BCUT2D eigenvalue weighted by atomic mass is 79.9. The summed E-state index contributed by atoms with van der Waals surface area (Å²) in [6.45, 7) is 1.74. The number of aromatic amines is 1. The Bertz CT molecular complexity index is 751. The molecule has 0 radical (unpaired) electrons. The molecule has 6 nitrogen and oxygen atoms in total. The molecule has 0 amide bonds. The number of nitrogens with zero attached hydrogens (tertiary/aromatic N) is 1. The molecule has 0 aromatic carbocycles. The van der Waals surface area contributed by atoms with E-state index in [1.54, 1.807) is 13.0 Å². The third-order valence-corrected chi connectivity index (χ3v) is 4.11. The highest BCUT2D eigenvalue weighted by Crippen LogP contribution is 2.19. The second-order valence-electron chi connectivity index (χ2n) is 3.81. The lowest BCUT2D eigenvalue weighted by Crippen LogP contribution is -2.16. The molecule has 0 atom stereocenters. The molecule has 2 heterocycles. The maximum absolute atomic E-state index is 12.1. The van der Waals surface area contributed by atoms with Gasteiger partial charge in [-0.3, -0.25) is 9.52 Å². The molecule has 0 spiro atoms. The van der Waals surface area contributed by atoms with Crippen LogP contribution in [0.5, 0.6) is 0 Å². The summed E-state index contributed by atoms with van der Waals surface area (Å²) in [4.78, 5) is 17.2. The fourth-order valence-electron chi connectivity index (χ4n) is 1.40. The maximum Gasteiger partial charge on any atom is 0.264 e. The van der Waals surface area contributed by atoms with Crippen LogP contribution >= 0.6 is 15.9 Å². The van der Waals surface area contributed by atoms with E-state index >= 15 is 0 Å². The van der Waals surface area contributed by atoms with E-state index in [0.717, 1.165) is 16.7 Å². The zero-order valence-electron chi connectivity index (χ0n) is 9.84. The number of hydrogen-bond donors (Lipinski definition) is 2. The van der Waals surface area contributed by atoms with Gasteiger partial charge in [-0.25, -0.2) is 13.4 Å². The van der Waals surface area contributed by atoms with Crippen molar-refractivity contribution >= 4 is 31.8 Å². The van der Waals surface area contributed by atoms with Gasteiger partial charge in [-0.15, -0.1) is 0 Å². The third-order valence-electron chi connectivity index (χ3n) is 2.34. The molecule has 2 aromatic heterocycles. The minimum atomic E-state index is -3.76. The molecule has 0 saturated carbocycles. The highest BCUT2D eigenvalue weighted by molar-refractivity contribution is 9.10. The van der Waals surface area contributed by atoms with E-state index in [9.17, 15) is 13.2 Å². The van der Waals surface area contributed by atoms with Gasteiger partial charge in [0.1, 0.15) is 10.7 Å². The lowest BCUT2D eigenvalue weighted by molar-refractivity contribution is 0.600. The molecule has 0 saturated heterocycles. The van der Waals surface area contributed by atoms with Crippen LogP contribution in [0.4, 0.5) is 5.82 Å². The van der Waals surface area contributed by atoms with Gasteiger partial charge in [0.2, 0.25) is 5.56 Å². The fraction of sp³-hybridized carbons (Fsp3) is 0.0909. The first-order chi connectivity index (χ1) is 8.88. The van der Waals surface area contributed by atoms with Crippen molar-refractivity contribution < 1.29 is 8.42 Å². The number of halogens is 1. The van der Waals surface area contributed by atoms with Crippen molar-refractivity contribution in [2.24, 2.45) is 0 Å². The summed E-state index contributed by atoms with van der Waals surface area (Å²) in [5, 5.41) is 0. The van der Waals surface area contributed by atoms with Crippen molar-refractivity contribution in [3.63, 3.8) is 0 Å². The first-order valence-corrected chi connectivity index (χ1v) is 7.50. The van der Waals surface area contributed by atoms with Crippen LogP contribution in [0, 0.1) is 6.92 Å². The number of hydrogen-bond acceptors (Lipinski definition) is 4. The Kier molecular flexibility index (Phi) is 3.72. The summed E-state index contributed by atoms with van der Waals surface area (Å²) in [5.74, 6) is 0.245. The van der Waals surface area contributed by atoms with E-state index in [0.29, 0.717) is 5.56 Å². The summed E-state index contributed by atoms with van der Waals surface area (Å²) in [6.07, 6.45) is 2.64. The van der Waals surface area contributed by atoms with Gasteiger partial charge in [0, 0.05) is 22.9 Å². The summed E-state index contributed by atoms with van der Waals surface area (Å²) < 4.78 is 27.3. The zero-order valence-corrected chi connectivity index (χ0v) is 12.2. The van der Waals surface area contributed by atoms with Gasteiger partial charge in [-0.1, -0.05) is 0 Å². The standard InChI is InChI=1S/C11H10BrN3O3S/c1-7-4-8(12)5-14-11(7)15-19(17,18)9-2-3-10(16)13-6-9/h2-6H,1H3,(H,13,16)(H,14,15). The van der Waals surface area contributed by atoms with Crippen LogP contribution < -0.4 is 10.3 Å². The van der Waals surface area contributed by atoms with Gasteiger partial charge in [0.25, 0.3) is 10.0 Å². The fourth-order valence-corrected chi connectivity index (χ4v) is 2.89. The van der Waals surface area contributed by atoms with Crippen molar-refractivity contribution in [2.45, 2.75) is 11.8 Å². The molecule has 0 unspecified atom stereocenters. The number of sulfonamides is 1. The molecule has 2 rings (SSSR count). The van der Waals surface area contributed by atoms with Crippen molar-refractivity contribution in [3.8, 4) is 0 Å². The van der Waals surface area contributed by atoms with E-state index < -0.39 is 10.0 Å². The number of rotatable bonds is 3. The largest absolute Gasteiger partial charge is 0.328 e. The van der Waals surface area contributed by atoms with Crippen LogP contribution in [0.25, 0.3) is 0 Å². The highest BCUT2D eigenvalue weighted by Gasteiger charge is 2.16. The Labute approximate surface area is 118 Å². The Hall–Kier alpha value is -1.67.